The van der Waals surface area contributed by atoms with Crippen LogP contribution in [0.3, 0.4) is 0 Å². The molecule has 0 heterocycles. The Morgan fingerprint density at radius 3 is 2.44 bits per heavy atom. The quantitative estimate of drug-likeness (QED) is 0.403. The molecular formula is C12H18N2O2. The molecule has 1 rings (SSSR count). The number of hydrogen-bond acceptors (Lipinski definition) is 3. The maximum absolute atomic E-state index is 10.7. The third-order valence-electron chi connectivity index (χ3n) is 2.44. The van der Waals surface area contributed by atoms with Gasteiger partial charge in [-0.05, 0) is 30.7 Å². The topological polar surface area (TPSA) is 41.9 Å². The number of rotatable bonds is 7. The smallest absolute Gasteiger partial charge is 0.119 e. The van der Waals surface area contributed by atoms with Crippen LogP contribution in [-0.2, 0) is 0 Å². The largest absolute Gasteiger partial charge is 0.497 e. The van der Waals surface area contributed by atoms with Crippen LogP contribution < -0.4 is 9.75 Å². The third kappa shape index (κ3) is 3.53. The molecule has 4 heteroatoms. The summed E-state index contributed by atoms with van der Waals surface area (Å²) in [5, 5.41) is 4.51. The second kappa shape index (κ2) is 6.82. The van der Waals surface area contributed by atoms with Gasteiger partial charge in [-0.15, -0.1) is 4.91 Å². The molecule has 0 aliphatic carbocycles. The van der Waals surface area contributed by atoms with Gasteiger partial charge < -0.3 is 4.74 Å². The van der Waals surface area contributed by atoms with E-state index in [0.29, 0.717) is 6.54 Å². The van der Waals surface area contributed by atoms with Gasteiger partial charge in [-0.1, -0.05) is 19.8 Å². The van der Waals surface area contributed by atoms with Crippen LogP contribution in [0.5, 0.6) is 5.75 Å². The zero-order valence-electron chi connectivity index (χ0n) is 9.85. The Morgan fingerprint density at radius 2 is 1.94 bits per heavy atom. The van der Waals surface area contributed by atoms with E-state index in [0.717, 1.165) is 30.7 Å². The van der Waals surface area contributed by atoms with Crippen LogP contribution in [0.2, 0.25) is 0 Å². The summed E-state index contributed by atoms with van der Waals surface area (Å²) in [6, 6.07) is 7.33. The lowest BCUT2D eigenvalue weighted by molar-refractivity contribution is 0.415. The van der Waals surface area contributed by atoms with E-state index in [-0.39, 0.29) is 0 Å². The zero-order chi connectivity index (χ0) is 11.8. The fourth-order valence-corrected chi connectivity index (χ4v) is 1.48. The normalized spacial score (nSPS) is 9.88. The first kappa shape index (κ1) is 12.5. The van der Waals surface area contributed by atoms with Gasteiger partial charge in [0.1, 0.15) is 5.75 Å². The highest BCUT2D eigenvalue weighted by molar-refractivity contribution is 5.48. The first-order valence-corrected chi connectivity index (χ1v) is 5.56. The number of benzene rings is 1. The molecule has 0 fully saturated rings. The Labute approximate surface area is 96.2 Å². The second-order valence-electron chi connectivity index (χ2n) is 3.61. The van der Waals surface area contributed by atoms with Crippen molar-refractivity contribution in [2.75, 3.05) is 18.7 Å². The van der Waals surface area contributed by atoms with E-state index < -0.39 is 0 Å². The molecule has 0 aliphatic rings. The number of methoxy groups -OCH3 is 1. The summed E-state index contributed by atoms with van der Waals surface area (Å²) in [5.74, 6) is 0.781. The molecule has 0 aromatic heterocycles. The Morgan fingerprint density at radius 1 is 1.25 bits per heavy atom. The number of nitrogens with zero attached hydrogens (tertiary/aromatic N) is 2. The van der Waals surface area contributed by atoms with E-state index in [4.69, 9.17) is 4.74 Å². The van der Waals surface area contributed by atoms with Crippen LogP contribution >= 0.6 is 0 Å². The van der Waals surface area contributed by atoms with Crippen molar-refractivity contribution in [2.24, 2.45) is 5.29 Å². The van der Waals surface area contributed by atoms with Gasteiger partial charge in [0.05, 0.1) is 18.1 Å². The highest BCUT2D eigenvalue weighted by atomic mass is 16.5. The average Bonchev–Trinajstić information content (AvgIpc) is 2.35. The van der Waals surface area contributed by atoms with Gasteiger partial charge in [-0.25, -0.2) is 5.01 Å². The summed E-state index contributed by atoms with van der Waals surface area (Å²) in [4.78, 5) is 10.7. The summed E-state index contributed by atoms with van der Waals surface area (Å²) in [6.45, 7) is 2.80. The van der Waals surface area contributed by atoms with Crippen molar-refractivity contribution < 1.29 is 4.74 Å². The fourth-order valence-electron chi connectivity index (χ4n) is 1.48. The predicted molar refractivity (Wildman–Crippen MR) is 65.7 cm³/mol. The van der Waals surface area contributed by atoms with Crippen molar-refractivity contribution in [3.8, 4) is 5.75 Å². The maximum atomic E-state index is 10.7. The van der Waals surface area contributed by atoms with Crippen molar-refractivity contribution in [1.82, 2.24) is 0 Å². The van der Waals surface area contributed by atoms with E-state index in [1.807, 2.05) is 24.3 Å². The van der Waals surface area contributed by atoms with E-state index in [1.54, 1.807) is 7.11 Å². The van der Waals surface area contributed by atoms with Crippen LogP contribution in [0.1, 0.15) is 26.2 Å². The summed E-state index contributed by atoms with van der Waals surface area (Å²) in [7, 11) is 1.62. The molecule has 0 aliphatic heterocycles. The molecule has 88 valence electrons. The molecule has 0 N–H and O–H groups in total. The van der Waals surface area contributed by atoms with Gasteiger partial charge in [0.15, 0.2) is 0 Å². The lowest BCUT2D eigenvalue weighted by Crippen LogP contribution is -2.16. The minimum atomic E-state index is 0.670. The van der Waals surface area contributed by atoms with Gasteiger partial charge >= 0.3 is 0 Å². The van der Waals surface area contributed by atoms with Crippen LogP contribution in [0.25, 0.3) is 0 Å². The lowest BCUT2D eigenvalue weighted by atomic mass is 10.2. The van der Waals surface area contributed by atoms with Crippen LogP contribution in [-0.4, -0.2) is 13.7 Å². The Balaban J connectivity index is 2.60. The Hall–Kier alpha value is -1.58. The van der Waals surface area contributed by atoms with Gasteiger partial charge in [-0.3, -0.25) is 0 Å². The van der Waals surface area contributed by atoms with Crippen LogP contribution in [0, 0.1) is 4.91 Å². The molecule has 1 aromatic rings. The fraction of sp³-hybridized carbons (Fsp3) is 0.500. The minimum absolute atomic E-state index is 0.670. The molecule has 0 atom stereocenters. The third-order valence-corrected chi connectivity index (χ3v) is 2.44. The zero-order valence-corrected chi connectivity index (χ0v) is 9.85. The first-order chi connectivity index (χ1) is 7.81. The standard InChI is InChI=1S/C12H18N2O2/c1-3-4-5-10-14(13-15)11-6-8-12(16-2)9-7-11/h6-9H,3-5,10H2,1-2H3. The van der Waals surface area contributed by atoms with Crippen molar-refractivity contribution in [3.63, 3.8) is 0 Å². The summed E-state index contributed by atoms with van der Waals surface area (Å²) in [5.41, 5.74) is 0.812. The SMILES string of the molecule is CCCCCN(N=O)c1ccc(OC)cc1. The highest BCUT2D eigenvalue weighted by Gasteiger charge is 2.05. The van der Waals surface area contributed by atoms with E-state index in [9.17, 15) is 4.91 Å². The van der Waals surface area contributed by atoms with Gasteiger partial charge in [-0.2, -0.15) is 0 Å². The molecule has 0 saturated heterocycles. The lowest BCUT2D eigenvalue weighted by Gasteiger charge is -2.15. The van der Waals surface area contributed by atoms with E-state index in [1.165, 1.54) is 5.01 Å². The van der Waals surface area contributed by atoms with Crippen molar-refractivity contribution in [3.05, 3.63) is 29.2 Å². The molecule has 4 nitrogen and oxygen atoms in total. The van der Waals surface area contributed by atoms with Crippen LogP contribution in [0.15, 0.2) is 29.6 Å². The number of ether oxygens (including phenoxy) is 1. The number of nitroso groups, excluding NO2 is 1. The monoisotopic (exact) mass is 222 g/mol. The molecule has 1 aromatic carbocycles. The maximum Gasteiger partial charge on any atom is 0.119 e. The Bertz CT molecular complexity index is 311. The highest BCUT2D eigenvalue weighted by Crippen LogP contribution is 2.19. The molecule has 16 heavy (non-hydrogen) atoms. The second-order valence-corrected chi connectivity index (χ2v) is 3.61. The van der Waals surface area contributed by atoms with Crippen LogP contribution in [0.4, 0.5) is 5.69 Å². The molecule has 0 radical (unpaired) electrons. The van der Waals surface area contributed by atoms with Gasteiger partial charge in [0.25, 0.3) is 0 Å². The summed E-state index contributed by atoms with van der Waals surface area (Å²) in [6.07, 6.45) is 3.23. The average molecular weight is 222 g/mol. The van der Waals surface area contributed by atoms with E-state index in [2.05, 4.69) is 12.2 Å². The van der Waals surface area contributed by atoms with Crippen molar-refractivity contribution in [2.45, 2.75) is 26.2 Å². The number of unbranched alkanes of at least 4 members (excludes halogenated alkanes) is 2. The summed E-state index contributed by atoms with van der Waals surface area (Å²) >= 11 is 0. The van der Waals surface area contributed by atoms with Gasteiger partial charge in [0.2, 0.25) is 0 Å². The summed E-state index contributed by atoms with van der Waals surface area (Å²) < 4.78 is 5.05. The molecule has 0 saturated carbocycles. The molecule has 0 bridgehead atoms. The Kier molecular flexibility index (Phi) is 5.32. The van der Waals surface area contributed by atoms with E-state index >= 15 is 0 Å². The molecule has 0 spiro atoms. The molecular weight excluding hydrogens is 204 g/mol. The van der Waals surface area contributed by atoms with Crippen molar-refractivity contribution >= 4 is 5.69 Å². The minimum Gasteiger partial charge on any atom is -0.497 e. The molecule has 0 unspecified atom stereocenters. The first-order valence-electron chi connectivity index (χ1n) is 5.56. The predicted octanol–water partition coefficient (Wildman–Crippen LogP) is 3.37. The van der Waals surface area contributed by atoms with Gasteiger partial charge in [0, 0.05) is 6.54 Å². The van der Waals surface area contributed by atoms with Crippen molar-refractivity contribution in [1.29, 1.82) is 0 Å². The molecule has 0 amide bonds. The number of anilines is 1. The number of hydrogen-bond donors (Lipinski definition) is 0.